The van der Waals surface area contributed by atoms with Crippen molar-refractivity contribution in [2.24, 2.45) is 11.3 Å². The summed E-state index contributed by atoms with van der Waals surface area (Å²) in [4.78, 5) is 24.0. The van der Waals surface area contributed by atoms with Gasteiger partial charge >= 0.3 is 6.18 Å². The van der Waals surface area contributed by atoms with E-state index in [4.69, 9.17) is 4.74 Å². The van der Waals surface area contributed by atoms with Crippen molar-refractivity contribution in [1.82, 2.24) is 14.9 Å². The second-order valence-corrected chi connectivity index (χ2v) is 13.6. The first-order chi connectivity index (χ1) is 20.2. The van der Waals surface area contributed by atoms with Crippen LogP contribution in [0.1, 0.15) is 61.0 Å². The number of aromatic nitrogens is 2. The molecular weight excluding hydrogens is 581 g/mol. The molecule has 2 heterocycles. The van der Waals surface area contributed by atoms with E-state index in [9.17, 15) is 26.4 Å². The van der Waals surface area contributed by atoms with Crippen LogP contribution < -0.4 is 9.46 Å². The Morgan fingerprint density at radius 1 is 1.07 bits per heavy atom. The van der Waals surface area contributed by atoms with E-state index in [2.05, 4.69) is 14.7 Å². The zero-order valence-electron chi connectivity index (χ0n) is 24.5. The maximum absolute atomic E-state index is 13.9. The van der Waals surface area contributed by atoms with E-state index in [1.54, 1.807) is 6.07 Å². The molecule has 0 radical (unpaired) electrons. The monoisotopic (exact) mass is 616 g/mol. The molecule has 3 aromatic rings. The molecule has 1 aromatic heterocycles. The largest absolute Gasteiger partial charge is 0.475 e. The lowest BCUT2D eigenvalue weighted by atomic mass is 9.98. The molecular formula is C31H35F3N4O4S. The van der Waals surface area contributed by atoms with Crippen LogP contribution in [0.3, 0.4) is 0 Å². The number of hydrogen-bond acceptors (Lipinski definition) is 6. The molecule has 43 heavy (non-hydrogen) atoms. The van der Waals surface area contributed by atoms with Crippen molar-refractivity contribution in [2.45, 2.75) is 70.5 Å². The van der Waals surface area contributed by atoms with Gasteiger partial charge in [-0.05, 0) is 74.8 Å². The number of aryl methyl sites for hydroxylation is 2. The number of carbonyl (C=O) groups is 1. The van der Waals surface area contributed by atoms with Crippen LogP contribution in [0.15, 0.2) is 53.4 Å². The predicted molar refractivity (Wildman–Crippen MR) is 156 cm³/mol. The van der Waals surface area contributed by atoms with E-state index < -0.39 is 33.6 Å². The van der Waals surface area contributed by atoms with Gasteiger partial charge in [0.25, 0.3) is 15.9 Å². The molecule has 1 fully saturated rings. The van der Waals surface area contributed by atoms with Crippen LogP contribution in [0, 0.1) is 25.2 Å². The molecule has 8 nitrogen and oxygen atoms in total. The molecule has 230 valence electrons. The molecule has 5 rings (SSSR count). The second-order valence-electron chi connectivity index (χ2n) is 11.9. The van der Waals surface area contributed by atoms with Crippen molar-refractivity contribution in [3.8, 4) is 17.1 Å². The van der Waals surface area contributed by atoms with E-state index in [0.29, 0.717) is 12.1 Å². The summed E-state index contributed by atoms with van der Waals surface area (Å²) in [5.41, 5.74) is 1.30. The topological polar surface area (TPSA) is 101 Å². The summed E-state index contributed by atoms with van der Waals surface area (Å²) in [6, 6.07) is 12.2. The highest BCUT2D eigenvalue weighted by Crippen LogP contribution is 2.60. The van der Waals surface area contributed by atoms with Crippen LogP contribution >= 0.6 is 0 Å². The van der Waals surface area contributed by atoms with Crippen molar-refractivity contribution < 1.29 is 31.1 Å². The van der Waals surface area contributed by atoms with Crippen LogP contribution in [0.4, 0.5) is 19.1 Å². The summed E-state index contributed by atoms with van der Waals surface area (Å²) in [6.07, 6.45) is -4.12. The van der Waals surface area contributed by atoms with Gasteiger partial charge in [-0.25, -0.2) is 18.1 Å². The van der Waals surface area contributed by atoms with Crippen LogP contribution in [0.2, 0.25) is 0 Å². The molecule has 1 aliphatic carbocycles. The minimum Gasteiger partial charge on any atom is -0.475 e. The number of rotatable bonds is 6. The van der Waals surface area contributed by atoms with Crippen molar-refractivity contribution >= 4 is 21.9 Å². The maximum atomic E-state index is 13.9. The molecule has 2 aromatic carbocycles. The summed E-state index contributed by atoms with van der Waals surface area (Å²) < 4.78 is 77.0. The molecule has 2 aliphatic rings. The van der Waals surface area contributed by atoms with E-state index in [1.165, 1.54) is 29.2 Å². The molecule has 1 aliphatic heterocycles. The van der Waals surface area contributed by atoms with Crippen LogP contribution in [-0.4, -0.2) is 54.6 Å². The Balaban J connectivity index is 1.62. The summed E-state index contributed by atoms with van der Waals surface area (Å²) in [5.74, 6) is -0.607. The Labute approximate surface area is 249 Å². The first-order valence-corrected chi connectivity index (χ1v) is 15.8. The maximum Gasteiger partial charge on any atom is 0.394 e. The lowest BCUT2D eigenvalue weighted by molar-refractivity contribution is -0.189. The number of halogens is 3. The smallest absolute Gasteiger partial charge is 0.394 e. The highest BCUT2D eigenvalue weighted by Gasteiger charge is 2.62. The number of alkyl halides is 3. The fourth-order valence-corrected chi connectivity index (χ4v) is 6.64. The number of hydrogen-bond donors (Lipinski definition) is 1. The number of carbonyl (C=O) groups excluding carboxylic acids is 1. The Hall–Kier alpha value is -3.67. The molecule has 4 bridgehead atoms. The second kappa shape index (κ2) is 11.4. The van der Waals surface area contributed by atoms with E-state index in [0.717, 1.165) is 16.7 Å². The third-order valence-electron chi connectivity index (χ3n) is 8.21. The quantitative estimate of drug-likeness (QED) is 0.337. The Morgan fingerprint density at radius 3 is 2.37 bits per heavy atom. The fraction of sp³-hybridized carbons (Fsp3) is 0.452. The average molecular weight is 617 g/mol. The van der Waals surface area contributed by atoms with Crippen molar-refractivity contribution in [3.63, 3.8) is 0 Å². The normalized spacial score (nSPS) is 19.5. The SMILES string of the molecule is Cc1cccc(C)c1-c1cc2nc(n1)NS(=O)(=O)c1cccc(c1)C(=O)N(CCC1(C(F)(F)F)CC1)[C@H](CC(C)C)CO2. The van der Waals surface area contributed by atoms with Crippen LogP contribution in [0.25, 0.3) is 11.3 Å². The third kappa shape index (κ3) is 6.48. The molecule has 0 unspecified atom stereocenters. The van der Waals surface area contributed by atoms with Gasteiger partial charge in [-0.1, -0.05) is 38.1 Å². The van der Waals surface area contributed by atoms with Gasteiger partial charge in [0.05, 0.1) is 22.0 Å². The van der Waals surface area contributed by atoms with E-state index in [1.807, 2.05) is 45.9 Å². The van der Waals surface area contributed by atoms with Crippen LogP contribution in [0.5, 0.6) is 5.88 Å². The van der Waals surface area contributed by atoms with Gasteiger partial charge in [0.2, 0.25) is 11.8 Å². The first-order valence-electron chi connectivity index (χ1n) is 14.3. The summed E-state index contributed by atoms with van der Waals surface area (Å²) >= 11 is 0. The fourth-order valence-electron chi connectivity index (χ4n) is 5.65. The van der Waals surface area contributed by atoms with Gasteiger partial charge in [0.1, 0.15) is 6.61 Å². The third-order valence-corrected chi connectivity index (χ3v) is 9.54. The van der Waals surface area contributed by atoms with Crippen molar-refractivity contribution in [1.29, 1.82) is 0 Å². The van der Waals surface area contributed by atoms with E-state index >= 15 is 0 Å². The van der Waals surface area contributed by atoms with Gasteiger partial charge in [-0.15, -0.1) is 0 Å². The first kappa shape index (κ1) is 30.8. The zero-order valence-corrected chi connectivity index (χ0v) is 25.3. The number of anilines is 1. The zero-order chi connectivity index (χ0) is 31.2. The standard InChI is InChI=1S/C31H35F3N4O4S/c1-19(2)15-23-18-42-26-17-25(27-20(3)7-5-8-21(27)4)35-29(36-26)37-43(40,41)24-10-6-9-22(16-24)28(39)38(23)14-13-30(11-12-30)31(32,33)34/h5-10,16-17,19,23H,11-15,18H2,1-4H3,(H,35,36,37)/t23-/m1/s1. The van der Waals surface area contributed by atoms with Gasteiger partial charge in [-0.2, -0.15) is 18.2 Å². The predicted octanol–water partition coefficient (Wildman–Crippen LogP) is 6.54. The molecule has 12 heteroatoms. The summed E-state index contributed by atoms with van der Waals surface area (Å²) in [5, 5.41) is 0. The lowest BCUT2D eigenvalue weighted by Gasteiger charge is -2.34. The summed E-state index contributed by atoms with van der Waals surface area (Å²) in [7, 11) is -4.25. The van der Waals surface area contributed by atoms with Gasteiger partial charge in [0.15, 0.2) is 0 Å². The molecule has 1 saturated carbocycles. The molecule has 1 atom stereocenters. The molecule has 0 saturated heterocycles. The molecule has 0 spiro atoms. The molecule has 1 N–H and O–H groups in total. The number of benzene rings is 2. The highest BCUT2D eigenvalue weighted by atomic mass is 32.2. The average Bonchev–Trinajstić information content (AvgIpc) is 3.72. The van der Waals surface area contributed by atoms with Crippen molar-refractivity contribution in [3.05, 3.63) is 65.2 Å². The van der Waals surface area contributed by atoms with Gasteiger partial charge in [-0.3, -0.25) is 4.79 Å². The number of sulfonamides is 1. The summed E-state index contributed by atoms with van der Waals surface area (Å²) in [6.45, 7) is 7.54. The number of amides is 1. The Morgan fingerprint density at radius 2 is 1.74 bits per heavy atom. The highest BCUT2D eigenvalue weighted by molar-refractivity contribution is 7.92. The molecule has 1 amide bonds. The van der Waals surface area contributed by atoms with Crippen LogP contribution in [-0.2, 0) is 10.0 Å². The minimum atomic E-state index is -4.37. The minimum absolute atomic E-state index is 0.0219. The number of nitrogens with zero attached hydrogens (tertiary/aromatic N) is 3. The Bertz CT molecular complexity index is 1620. The van der Waals surface area contributed by atoms with E-state index in [-0.39, 0.29) is 60.6 Å². The number of fused-ring (bicyclic) bond motifs is 4. The van der Waals surface area contributed by atoms with Crippen molar-refractivity contribution in [2.75, 3.05) is 17.9 Å². The van der Waals surface area contributed by atoms with Gasteiger partial charge in [0, 0.05) is 23.7 Å². The Kier molecular flexibility index (Phi) is 8.19. The number of nitrogens with one attached hydrogen (secondary N) is 1. The lowest BCUT2D eigenvalue weighted by Crippen LogP contribution is -2.46. The van der Waals surface area contributed by atoms with Gasteiger partial charge < -0.3 is 9.64 Å². The number of ether oxygens (including phenoxy) is 1.